The molecule has 4 rings (SSSR count). The monoisotopic (exact) mass is 483 g/mol. The molecular weight excluding hydrogens is 450 g/mol. The molecule has 0 bridgehead atoms. The largest absolute Gasteiger partial charge is 0.414 e. The molecule has 1 saturated heterocycles. The summed E-state index contributed by atoms with van der Waals surface area (Å²) in [7, 11) is -2.03. The maximum absolute atomic E-state index is 12.6. The summed E-state index contributed by atoms with van der Waals surface area (Å²) < 4.78 is 16.3. The predicted molar refractivity (Wildman–Crippen MR) is 132 cm³/mol. The predicted octanol–water partition coefficient (Wildman–Crippen LogP) is 3.65. The summed E-state index contributed by atoms with van der Waals surface area (Å²) >= 11 is 0. The molecular formula is C24H33N5O4Si. The van der Waals surface area contributed by atoms with Crippen LogP contribution >= 0.6 is 0 Å². The Bertz CT molecular complexity index is 1260. The van der Waals surface area contributed by atoms with E-state index in [9.17, 15) is 9.59 Å². The number of H-pyrrole nitrogens is 1. The van der Waals surface area contributed by atoms with Gasteiger partial charge >= 0.3 is 5.69 Å². The van der Waals surface area contributed by atoms with Crippen molar-refractivity contribution in [3.8, 4) is 11.3 Å². The van der Waals surface area contributed by atoms with Crippen LogP contribution in [0.15, 0.2) is 52.3 Å². The summed E-state index contributed by atoms with van der Waals surface area (Å²) in [5.74, 6) is 0. The summed E-state index contributed by atoms with van der Waals surface area (Å²) in [6.45, 7) is 13.0. The van der Waals surface area contributed by atoms with Crippen LogP contribution in [0.4, 0.5) is 0 Å². The summed E-state index contributed by atoms with van der Waals surface area (Å²) in [5.41, 5.74) is 1.43. The molecule has 0 aliphatic carbocycles. The van der Waals surface area contributed by atoms with Crippen LogP contribution in [0.3, 0.4) is 0 Å². The van der Waals surface area contributed by atoms with Gasteiger partial charge in [0, 0.05) is 23.7 Å². The zero-order valence-electron chi connectivity index (χ0n) is 20.6. The van der Waals surface area contributed by atoms with Gasteiger partial charge in [0.1, 0.15) is 12.3 Å². The Balaban J connectivity index is 1.69. The molecule has 1 aliphatic rings. The maximum Gasteiger partial charge on any atom is 0.330 e. The summed E-state index contributed by atoms with van der Waals surface area (Å²) in [4.78, 5) is 26.8. The summed E-state index contributed by atoms with van der Waals surface area (Å²) in [5, 5.41) is 8.62. The Kier molecular flexibility index (Phi) is 6.49. The van der Waals surface area contributed by atoms with Crippen LogP contribution in [0.25, 0.3) is 11.3 Å². The highest BCUT2D eigenvalue weighted by atomic mass is 28.4. The molecule has 0 radical (unpaired) electrons. The van der Waals surface area contributed by atoms with Gasteiger partial charge in [-0.3, -0.25) is 14.3 Å². The SMILES string of the molecule is Cc1cn([C@H]2C[C@H](n3nncc3-c3ccccc3)[C@@H](CO[Si](C)(C)C(C)(C)C)O2)c(=O)[nH]c1=O. The molecule has 0 amide bonds. The standard InChI is InChI=1S/C24H33N5O4Si/c1-16-14-28(23(31)26-22(16)30)21-12-18(20(33-21)15-32-34(5,6)24(2,3)4)29-19(13-25-27-29)17-10-8-7-9-11-17/h7-11,13-14,18,20-21H,12,15H2,1-6H3,(H,26,30,31)/t18-,20+,21+/m0/s1. The van der Waals surface area contributed by atoms with E-state index in [1.54, 1.807) is 19.3 Å². The number of nitrogens with zero attached hydrogens (tertiary/aromatic N) is 4. The van der Waals surface area contributed by atoms with Gasteiger partial charge in [-0.25, -0.2) is 9.48 Å². The van der Waals surface area contributed by atoms with E-state index in [2.05, 4.69) is 49.2 Å². The summed E-state index contributed by atoms with van der Waals surface area (Å²) in [6, 6.07) is 9.74. The fraction of sp³-hybridized carbons (Fsp3) is 0.500. The number of benzene rings is 1. The average Bonchev–Trinajstić information content (AvgIpc) is 3.41. The number of nitrogens with one attached hydrogen (secondary N) is 1. The number of hydrogen-bond acceptors (Lipinski definition) is 6. The number of rotatable bonds is 6. The van der Waals surface area contributed by atoms with Gasteiger partial charge in [-0.2, -0.15) is 0 Å². The van der Waals surface area contributed by atoms with Gasteiger partial charge in [-0.1, -0.05) is 56.3 Å². The van der Waals surface area contributed by atoms with E-state index in [1.165, 1.54) is 4.57 Å². The molecule has 1 N–H and O–H groups in total. The first-order valence-corrected chi connectivity index (χ1v) is 14.5. The smallest absolute Gasteiger partial charge is 0.330 e. The first-order valence-electron chi connectivity index (χ1n) is 11.5. The molecule has 0 saturated carbocycles. The quantitative estimate of drug-likeness (QED) is 0.537. The van der Waals surface area contributed by atoms with Crippen molar-refractivity contribution in [3.63, 3.8) is 0 Å². The highest BCUT2D eigenvalue weighted by Crippen LogP contribution is 2.41. The van der Waals surface area contributed by atoms with Gasteiger partial charge in [0.2, 0.25) is 0 Å². The Morgan fingerprint density at radius 1 is 1.21 bits per heavy atom. The van der Waals surface area contributed by atoms with E-state index in [4.69, 9.17) is 9.16 Å². The third kappa shape index (κ3) is 4.70. The normalized spacial score (nSPS) is 21.2. The fourth-order valence-electron chi connectivity index (χ4n) is 3.90. The van der Waals surface area contributed by atoms with Gasteiger partial charge in [0.15, 0.2) is 8.32 Å². The maximum atomic E-state index is 12.6. The molecule has 3 atom stereocenters. The lowest BCUT2D eigenvalue weighted by Gasteiger charge is -2.37. The minimum atomic E-state index is -2.03. The van der Waals surface area contributed by atoms with Crippen molar-refractivity contribution in [3.05, 3.63) is 69.1 Å². The van der Waals surface area contributed by atoms with Crippen LogP contribution in [-0.2, 0) is 9.16 Å². The topological polar surface area (TPSA) is 104 Å². The van der Waals surface area contributed by atoms with Crippen LogP contribution in [-0.4, -0.2) is 45.6 Å². The second kappa shape index (κ2) is 9.08. The Hall–Kier alpha value is -2.82. The van der Waals surface area contributed by atoms with Crippen molar-refractivity contribution < 1.29 is 9.16 Å². The third-order valence-electron chi connectivity index (χ3n) is 7.03. The zero-order chi connectivity index (χ0) is 24.7. The molecule has 0 spiro atoms. The van der Waals surface area contributed by atoms with E-state index in [0.29, 0.717) is 18.6 Å². The van der Waals surface area contributed by atoms with E-state index in [1.807, 2.05) is 35.0 Å². The van der Waals surface area contributed by atoms with Crippen LogP contribution in [0.1, 0.15) is 45.0 Å². The van der Waals surface area contributed by atoms with E-state index < -0.39 is 25.8 Å². The van der Waals surface area contributed by atoms with Crippen molar-refractivity contribution in [2.75, 3.05) is 6.61 Å². The molecule has 3 aromatic rings. The number of aromatic amines is 1. The van der Waals surface area contributed by atoms with Crippen LogP contribution in [0.2, 0.25) is 18.1 Å². The molecule has 1 aromatic carbocycles. The lowest BCUT2D eigenvalue weighted by Crippen LogP contribution is -2.43. The lowest BCUT2D eigenvalue weighted by molar-refractivity contribution is -0.0296. The minimum Gasteiger partial charge on any atom is -0.414 e. The highest BCUT2D eigenvalue weighted by Gasteiger charge is 2.43. The number of aromatic nitrogens is 5. The number of aryl methyl sites for hydroxylation is 1. The first-order chi connectivity index (χ1) is 16.0. The second-order valence-electron chi connectivity index (χ2n) is 10.4. The molecule has 2 aromatic heterocycles. The van der Waals surface area contributed by atoms with Gasteiger partial charge in [0.05, 0.1) is 24.5 Å². The second-order valence-corrected chi connectivity index (χ2v) is 15.2. The molecule has 0 unspecified atom stereocenters. The van der Waals surface area contributed by atoms with E-state index >= 15 is 0 Å². The number of ether oxygens (including phenoxy) is 1. The Morgan fingerprint density at radius 3 is 2.59 bits per heavy atom. The van der Waals surface area contributed by atoms with Crippen molar-refractivity contribution in [2.45, 2.75) is 70.6 Å². The molecule has 1 aliphatic heterocycles. The van der Waals surface area contributed by atoms with Gasteiger partial charge in [0.25, 0.3) is 5.56 Å². The molecule has 10 heteroatoms. The van der Waals surface area contributed by atoms with Crippen LogP contribution < -0.4 is 11.2 Å². The first kappa shape index (κ1) is 24.3. The van der Waals surface area contributed by atoms with Crippen molar-refractivity contribution in [2.24, 2.45) is 0 Å². The minimum absolute atomic E-state index is 0.0515. The van der Waals surface area contributed by atoms with Crippen molar-refractivity contribution >= 4 is 8.32 Å². The van der Waals surface area contributed by atoms with Crippen molar-refractivity contribution in [1.82, 2.24) is 24.5 Å². The molecule has 9 nitrogen and oxygen atoms in total. The molecule has 1 fully saturated rings. The fourth-order valence-corrected chi connectivity index (χ4v) is 4.92. The summed E-state index contributed by atoms with van der Waals surface area (Å²) in [6.07, 6.45) is 2.88. The average molecular weight is 484 g/mol. The highest BCUT2D eigenvalue weighted by molar-refractivity contribution is 6.74. The van der Waals surface area contributed by atoms with Gasteiger partial charge < -0.3 is 9.16 Å². The van der Waals surface area contributed by atoms with Gasteiger partial charge in [-0.05, 0) is 25.1 Å². The zero-order valence-corrected chi connectivity index (χ0v) is 21.6. The van der Waals surface area contributed by atoms with E-state index in [0.717, 1.165) is 11.3 Å². The molecule has 34 heavy (non-hydrogen) atoms. The van der Waals surface area contributed by atoms with Crippen LogP contribution in [0, 0.1) is 6.92 Å². The lowest BCUT2D eigenvalue weighted by atomic mass is 10.1. The van der Waals surface area contributed by atoms with E-state index in [-0.39, 0.29) is 17.2 Å². The Labute approximate surface area is 199 Å². The number of hydrogen-bond donors (Lipinski definition) is 1. The van der Waals surface area contributed by atoms with Gasteiger partial charge in [-0.15, -0.1) is 5.10 Å². The molecule has 182 valence electrons. The van der Waals surface area contributed by atoms with Crippen molar-refractivity contribution in [1.29, 1.82) is 0 Å². The van der Waals surface area contributed by atoms with Crippen LogP contribution in [0.5, 0.6) is 0 Å². The Morgan fingerprint density at radius 2 is 1.91 bits per heavy atom. The molecule has 3 heterocycles. The third-order valence-corrected chi connectivity index (χ3v) is 11.5.